The molecule has 7 nitrogen and oxygen atoms in total. The van der Waals surface area contributed by atoms with Gasteiger partial charge in [0.15, 0.2) is 5.69 Å². The van der Waals surface area contributed by atoms with E-state index in [4.69, 9.17) is 5.73 Å². The fourth-order valence-electron chi connectivity index (χ4n) is 1.52. The Kier molecular flexibility index (Phi) is 3.28. The molecular weight excluding hydrogens is 254 g/mol. The Balaban J connectivity index is 2.51. The van der Waals surface area contributed by atoms with Crippen LogP contribution in [0, 0.1) is 6.92 Å². The highest BCUT2D eigenvalue weighted by molar-refractivity contribution is 7.13. The quantitative estimate of drug-likeness (QED) is 0.832. The third-order valence-electron chi connectivity index (χ3n) is 2.41. The molecule has 8 heteroatoms. The first kappa shape index (κ1) is 12.5. The zero-order valence-electron chi connectivity index (χ0n) is 10.3. The number of aryl methyl sites for hydroxylation is 2. The molecule has 0 aromatic carbocycles. The standard InChI is InChI=1S/C10H13N5O2S/c1-4-6-13-14-10(18-6)15-5(2)12-7(8(15)11)9(16)17-3/h4,11H2,1-3H3. The van der Waals surface area contributed by atoms with E-state index < -0.39 is 5.97 Å². The number of hydrogen-bond donors (Lipinski definition) is 1. The minimum atomic E-state index is -0.561. The van der Waals surface area contributed by atoms with Gasteiger partial charge < -0.3 is 10.5 Å². The van der Waals surface area contributed by atoms with E-state index in [0.717, 1.165) is 11.4 Å². The predicted molar refractivity (Wildman–Crippen MR) is 66.9 cm³/mol. The average Bonchev–Trinajstić information content (AvgIpc) is 2.93. The van der Waals surface area contributed by atoms with Gasteiger partial charge >= 0.3 is 5.97 Å². The first-order valence-corrected chi connectivity index (χ1v) is 6.16. The van der Waals surface area contributed by atoms with Gasteiger partial charge in [0.25, 0.3) is 0 Å². The summed E-state index contributed by atoms with van der Waals surface area (Å²) in [7, 11) is 1.29. The van der Waals surface area contributed by atoms with E-state index >= 15 is 0 Å². The van der Waals surface area contributed by atoms with Crippen molar-refractivity contribution < 1.29 is 9.53 Å². The number of aromatic nitrogens is 4. The molecule has 0 amide bonds. The van der Waals surface area contributed by atoms with Crippen LogP contribution < -0.4 is 5.73 Å². The Labute approximate surface area is 108 Å². The number of anilines is 1. The van der Waals surface area contributed by atoms with E-state index in [2.05, 4.69) is 19.9 Å². The maximum atomic E-state index is 11.5. The SMILES string of the molecule is CCc1nnc(-n2c(C)nc(C(=O)OC)c2N)s1. The molecule has 0 atom stereocenters. The summed E-state index contributed by atoms with van der Waals surface area (Å²) in [5, 5.41) is 9.55. The summed E-state index contributed by atoms with van der Waals surface area (Å²) >= 11 is 1.42. The molecule has 2 aromatic heterocycles. The van der Waals surface area contributed by atoms with Gasteiger partial charge in [-0.2, -0.15) is 0 Å². The minimum absolute atomic E-state index is 0.100. The lowest BCUT2D eigenvalue weighted by molar-refractivity contribution is 0.0596. The summed E-state index contributed by atoms with van der Waals surface area (Å²) in [5.74, 6) is 0.236. The van der Waals surface area contributed by atoms with Gasteiger partial charge in [-0.15, -0.1) is 10.2 Å². The first-order chi connectivity index (χ1) is 8.58. The number of nitrogens with zero attached hydrogens (tertiary/aromatic N) is 4. The van der Waals surface area contributed by atoms with E-state index in [9.17, 15) is 4.79 Å². The molecule has 0 bridgehead atoms. The molecule has 2 aromatic rings. The molecule has 0 fully saturated rings. The van der Waals surface area contributed by atoms with Crippen LogP contribution >= 0.6 is 11.3 Å². The average molecular weight is 267 g/mol. The maximum absolute atomic E-state index is 11.5. The zero-order valence-corrected chi connectivity index (χ0v) is 11.1. The van der Waals surface area contributed by atoms with Crippen LogP contribution in [0.25, 0.3) is 5.13 Å². The van der Waals surface area contributed by atoms with Crippen molar-refractivity contribution in [2.75, 3.05) is 12.8 Å². The van der Waals surface area contributed by atoms with Gasteiger partial charge in [-0.3, -0.25) is 4.57 Å². The molecule has 0 spiro atoms. The number of carbonyl (C=O) groups excluding carboxylic acids is 1. The lowest BCUT2D eigenvalue weighted by Gasteiger charge is -2.01. The van der Waals surface area contributed by atoms with E-state index in [1.807, 2.05) is 6.92 Å². The van der Waals surface area contributed by atoms with Crippen molar-refractivity contribution in [1.29, 1.82) is 0 Å². The van der Waals surface area contributed by atoms with E-state index in [0.29, 0.717) is 11.0 Å². The Morgan fingerprint density at radius 1 is 1.50 bits per heavy atom. The Morgan fingerprint density at radius 2 is 2.22 bits per heavy atom. The molecule has 0 aliphatic rings. The number of rotatable bonds is 3. The second kappa shape index (κ2) is 4.73. The summed E-state index contributed by atoms with van der Waals surface area (Å²) in [6.07, 6.45) is 0.801. The smallest absolute Gasteiger partial charge is 0.360 e. The van der Waals surface area contributed by atoms with E-state index in [1.165, 1.54) is 18.4 Å². The third kappa shape index (κ3) is 1.94. The molecule has 0 aliphatic carbocycles. The van der Waals surface area contributed by atoms with Crippen molar-refractivity contribution in [1.82, 2.24) is 19.7 Å². The normalized spacial score (nSPS) is 10.6. The predicted octanol–water partition coefficient (Wildman–Crippen LogP) is 0.963. The van der Waals surface area contributed by atoms with Crippen molar-refractivity contribution in [3.8, 4) is 5.13 Å². The van der Waals surface area contributed by atoms with Crippen LogP contribution in [0.1, 0.15) is 28.2 Å². The molecule has 0 radical (unpaired) electrons. The van der Waals surface area contributed by atoms with Gasteiger partial charge in [0.05, 0.1) is 7.11 Å². The molecule has 0 unspecified atom stereocenters. The van der Waals surface area contributed by atoms with E-state index in [-0.39, 0.29) is 11.5 Å². The van der Waals surface area contributed by atoms with Crippen molar-refractivity contribution in [3.63, 3.8) is 0 Å². The lowest BCUT2D eigenvalue weighted by Crippen LogP contribution is -2.07. The van der Waals surface area contributed by atoms with Gasteiger partial charge in [0, 0.05) is 0 Å². The van der Waals surface area contributed by atoms with Crippen molar-refractivity contribution in [2.45, 2.75) is 20.3 Å². The van der Waals surface area contributed by atoms with E-state index in [1.54, 1.807) is 11.5 Å². The number of imidazole rings is 1. The second-order valence-corrected chi connectivity index (χ2v) is 4.59. The van der Waals surface area contributed by atoms with Crippen molar-refractivity contribution in [3.05, 3.63) is 16.5 Å². The molecular formula is C10H13N5O2S. The third-order valence-corrected chi connectivity index (χ3v) is 3.46. The number of carbonyl (C=O) groups is 1. The molecule has 96 valence electrons. The summed E-state index contributed by atoms with van der Waals surface area (Å²) in [4.78, 5) is 15.6. The number of hydrogen-bond acceptors (Lipinski definition) is 7. The zero-order chi connectivity index (χ0) is 13.3. The van der Waals surface area contributed by atoms with Crippen LogP contribution in [0.5, 0.6) is 0 Å². The Morgan fingerprint density at radius 3 is 2.78 bits per heavy atom. The summed E-state index contributed by atoms with van der Waals surface area (Å²) in [6, 6.07) is 0. The summed E-state index contributed by atoms with van der Waals surface area (Å²) < 4.78 is 6.22. The molecule has 18 heavy (non-hydrogen) atoms. The molecule has 0 aliphatic heterocycles. The monoisotopic (exact) mass is 267 g/mol. The van der Waals surface area contributed by atoms with Crippen LogP contribution in [0.15, 0.2) is 0 Å². The maximum Gasteiger partial charge on any atom is 0.360 e. The van der Waals surface area contributed by atoms with Crippen LogP contribution in [0.3, 0.4) is 0 Å². The molecule has 2 heterocycles. The van der Waals surface area contributed by atoms with Gasteiger partial charge in [-0.25, -0.2) is 9.78 Å². The van der Waals surface area contributed by atoms with Gasteiger partial charge in [0.2, 0.25) is 5.13 Å². The Hall–Kier alpha value is -1.96. The van der Waals surface area contributed by atoms with Crippen LogP contribution in [0.4, 0.5) is 5.82 Å². The fraction of sp³-hybridized carbons (Fsp3) is 0.400. The number of nitrogen functional groups attached to an aromatic ring is 1. The van der Waals surface area contributed by atoms with Crippen molar-refractivity contribution in [2.24, 2.45) is 0 Å². The number of ether oxygens (including phenoxy) is 1. The van der Waals surface area contributed by atoms with Gasteiger partial charge in [-0.1, -0.05) is 18.3 Å². The van der Waals surface area contributed by atoms with Gasteiger partial charge in [0.1, 0.15) is 16.6 Å². The van der Waals surface area contributed by atoms with Crippen LogP contribution in [-0.2, 0) is 11.2 Å². The molecule has 0 saturated carbocycles. The number of nitrogens with two attached hydrogens (primary N) is 1. The number of methoxy groups -OCH3 is 1. The largest absolute Gasteiger partial charge is 0.464 e. The molecule has 2 N–H and O–H groups in total. The second-order valence-electron chi connectivity index (χ2n) is 3.55. The first-order valence-electron chi connectivity index (χ1n) is 5.34. The lowest BCUT2D eigenvalue weighted by atomic mass is 10.4. The summed E-state index contributed by atoms with van der Waals surface area (Å²) in [6.45, 7) is 3.74. The highest BCUT2D eigenvalue weighted by atomic mass is 32.1. The highest BCUT2D eigenvalue weighted by Gasteiger charge is 2.21. The molecule has 2 rings (SSSR count). The fourth-order valence-corrected chi connectivity index (χ4v) is 2.36. The minimum Gasteiger partial charge on any atom is -0.464 e. The van der Waals surface area contributed by atoms with Crippen molar-refractivity contribution >= 4 is 23.1 Å². The van der Waals surface area contributed by atoms with Gasteiger partial charge in [-0.05, 0) is 13.3 Å². The highest BCUT2D eigenvalue weighted by Crippen LogP contribution is 2.23. The Bertz CT molecular complexity index is 589. The topological polar surface area (TPSA) is 95.9 Å². The molecule has 0 saturated heterocycles. The summed E-state index contributed by atoms with van der Waals surface area (Å²) in [5.41, 5.74) is 6.00. The number of esters is 1. The van der Waals surface area contributed by atoms with Crippen LogP contribution in [0.2, 0.25) is 0 Å². The van der Waals surface area contributed by atoms with Crippen LogP contribution in [-0.4, -0.2) is 32.8 Å².